The van der Waals surface area contributed by atoms with E-state index in [-0.39, 0.29) is 11.0 Å². The Labute approximate surface area is 175 Å². The molecule has 1 amide bonds. The standard InChI is InChI=1S/C20H23ClN2O4S/c1-4-9-27-16-8-6-5-7-14(16)19(24)23-20(28)22-12-13-10-17(25-2)18(26-3)11-15(13)21/h5-8,10-11H,4,9,12H2,1-3H3,(H2,22,23,24,28). The maximum absolute atomic E-state index is 12.5. The largest absolute Gasteiger partial charge is 0.493 e. The van der Waals surface area contributed by atoms with Crippen molar-refractivity contribution in [2.45, 2.75) is 19.9 Å². The lowest BCUT2D eigenvalue weighted by molar-refractivity contribution is 0.0972. The molecule has 0 saturated heterocycles. The molecule has 0 aliphatic carbocycles. The molecular weight excluding hydrogens is 400 g/mol. The van der Waals surface area contributed by atoms with E-state index in [1.54, 1.807) is 44.6 Å². The topological polar surface area (TPSA) is 68.8 Å². The minimum atomic E-state index is -0.345. The van der Waals surface area contributed by atoms with Gasteiger partial charge in [0, 0.05) is 17.6 Å². The minimum absolute atomic E-state index is 0.182. The summed E-state index contributed by atoms with van der Waals surface area (Å²) in [7, 11) is 3.09. The molecule has 0 fully saturated rings. The van der Waals surface area contributed by atoms with Gasteiger partial charge in [-0.3, -0.25) is 10.1 Å². The van der Waals surface area contributed by atoms with Crippen LogP contribution in [-0.4, -0.2) is 31.8 Å². The summed E-state index contributed by atoms with van der Waals surface area (Å²) in [6.45, 7) is 2.85. The van der Waals surface area contributed by atoms with Crippen LogP contribution in [0.3, 0.4) is 0 Å². The van der Waals surface area contributed by atoms with Crippen molar-refractivity contribution in [3.8, 4) is 17.2 Å². The Balaban J connectivity index is 2.01. The molecule has 0 atom stereocenters. The van der Waals surface area contributed by atoms with Crippen LogP contribution in [0.1, 0.15) is 29.3 Å². The lowest BCUT2D eigenvalue weighted by Gasteiger charge is -2.14. The van der Waals surface area contributed by atoms with E-state index in [1.165, 1.54) is 0 Å². The highest BCUT2D eigenvalue weighted by Gasteiger charge is 2.14. The SMILES string of the molecule is CCCOc1ccccc1C(=O)NC(=S)NCc1cc(OC)c(OC)cc1Cl. The molecule has 2 aromatic rings. The summed E-state index contributed by atoms with van der Waals surface area (Å²) in [4.78, 5) is 12.5. The van der Waals surface area contributed by atoms with E-state index >= 15 is 0 Å². The number of halogens is 1. The van der Waals surface area contributed by atoms with Gasteiger partial charge in [0.15, 0.2) is 16.6 Å². The number of ether oxygens (including phenoxy) is 3. The summed E-state index contributed by atoms with van der Waals surface area (Å²) in [5, 5.41) is 6.31. The van der Waals surface area contributed by atoms with Crippen LogP contribution in [0, 0.1) is 0 Å². The van der Waals surface area contributed by atoms with E-state index in [0.29, 0.717) is 41.0 Å². The third-order valence-electron chi connectivity index (χ3n) is 3.81. The van der Waals surface area contributed by atoms with Crippen LogP contribution in [0.5, 0.6) is 17.2 Å². The van der Waals surface area contributed by atoms with Crippen LogP contribution in [-0.2, 0) is 6.54 Å². The van der Waals surface area contributed by atoms with Gasteiger partial charge in [0.05, 0.1) is 26.4 Å². The van der Waals surface area contributed by atoms with E-state index in [0.717, 1.165) is 12.0 Å². The zero-order valence-corrected chi connectivity index (χ0v) is 17.6. The predicted octanol–water partition coefficient (Wildman–Crippen LogP) is 3.95. The number of hydrogen-bond acceptors (Lipinski definition) is 5. The summed E-state index contributed by atoms with van der Waals surface area (Å²) < 4.78 is 16.1. The minimum Gasteiger partial charge on any atom is -0.493 e. The summed E-state index contributed by atoms with van der Waals surface area (Å²) in [5.74, 6) is 1.27. The second kappa shape index (κ2) is 10.7. The van der Waals surface area contributed by atoms with Crippen molar-refractivity contribution in [3.63, 3.8) is 0 Å². The molecule has 6 nitrogen and oxygen atoms in total. The Morgan fingerprint density at radius 3 is 2.46 bits per heavy atom. The van der Waals surface area contributed by atoms with Crippen LogP contribution in [0.2, 0.25) is 5.02 Å². The fourth-order valence-corrected chi connectivity index (χ4v) is 2.80. The van der Waals surface area contributed by atoms with Crippen LogP contribution < -0.4 is 24.8 Å². The van der Waals surface area contributed by atoms with Gasteiger partial charge in [0.1, 0.15) is 5.75 Å². The van der Waals surface area contributed by atoms with Crippen molar-refractivity contribution in [3.05, 3.63) is 52.5 Å². The first-order chi connectivity index (χ1) is 13.5. The maximum Gasteiger partial charge on any atom is 0.261 e. The van der Waals surface area contributed by atoms with Gasteiger partial charge in [0.2, 0.25) is 0 Å². The number of benzene rings is 2. The Bertz CT molecular complexity index is 845. The van der Waals surface area contributed by atoms with Crippen LogP contribution in [0.15, 0.2) is 36.4 Å². The number of nitrogens with one attached hydrogen (secondary N) is 2. The Morgan fingerprint density at radius 1 is 1.11 bits per heavy atom. The number of amides is 1. The van der Waals surface area contributed by atoms with Crippen molar-refractivity contribution >= 4 is 34.8 Å². The molecule has 0 aromatic heterocycles. The van der Waals surface area contributed by atoms with E-state index in [1.807, 2.05) is 13.0 Å². The molecule has 8 heteroatoms. The van der Waals surface area contributed by atoms with Gasteiger partial charge in [0.25, 0.3) is 5.91 Å². The summed E-state index contributed by atoms with van der Waals surface area (Å²) in [5.41, 5.74) is 1.17. The molecule has 0 heterocycles. The van der Waals surface area contributed by atoms with Crippen molar-refractivity contribution in [2.24, 2.45) is 0 Å². The molecule has 0 spiro atoms. The quantitative estimate of drug-likeness (QED) is 0.628. The monoisotopic (exact) mass is 422 g/mol. The molecule has 2 rings (SSSR count). The summed E-state index contributed by atoms with van der Waals surface area (Å²) >= 11 is 11.5. The molecule has 0 bridgehead atoms. The lowest BCUT2D eigenvalue weighted by atomic mass is 10.2. The van der Waals surface area contributed by atoms with E-state index in [4.69, 9.17) is 38.0 Å². The third kappa shape index (κ3) is 5.74. The zero-order chi connectivity index (χ0) is 20.5. The van der Waals surface area contributed by atoms with Gasteiger partial charge in [-0.05, 0) is 42.4 Å². The number of methoxy groups -OCH3 is 2. The van der Waals surface area contributed by atoms with Crippen molar-refractivity contribution in [1.82, 2.24) is 10.6 Å². The first kappa shape index (κ1) is 21.8. The zero-order valence-electron chi connectivity index (χ0n) is 16.0. The Kier molecular flexibility index (Phi) is 8.35. The Morgan fingerprint density at radius 2 is 1.79 bits per heavy atom. The highest BCUT2D eigenvalue weighted by Crippen LogP contribution is 2.32. The fourth-order valence-electron chi connectivity index (χ4n) is 2.41. The molecule has 0 saturated carbocycles. The maximum atomic E-state index is 12.5. The Hall–Kier alpha value is -2.51. The van der Waals surface area contributed by atoms with Crippen molar-refractivity contribution in [2.75, 3.05) is 20.8 Å². The highest BCUT2D eigenvalue weighted by molar-refractivity contribution is 7.80. The second-order valence-corrected chi connectivity index (χ2v) is 6.60. The van der Waals surface area contributed by atoms with Gasteiger partial charge in [-0.2, -0.15) is 0 Å². The average Bonchev–Trinajstić information content (AvgIpc) is 2.71. The van der Waals surface area contributed by atoms with E-state index < -0.39 is 0 Å². The smallest absolute Gasteiger partial charge is 0.261 e. The number of hydrogen-bond donors (Lipinski definition) is 2. The van der Waals surface area contributed by atoms with E-state index in [9.17, 15) is 4.79 Å². The molecular formula is C20H23ClN2O4S. The molecule has 150 valence electrons. The molecule has 0 aliphatic rings. The third-order valence-corrected chi connectivity index (χ3v) is 4.41. The van der Waals surface area contributed by atoms with Crippen molar-refractivity contribution < 1.29 is 19.0 Å². The van der Waals surface area contributed by atoms with E-state index in [2.05, 4.69) is 10.6 Å². The average molecular weight is 423 g/mol. The first-order valence-electron chi connectivity index (χ1n) is 8.71. The molecule has 2 aromatic carbocycles. The summed E-state index contributed by atoms with van der Waals surface area (Å²) in [6.07, 6.45) is 0.849. The van der Waals surface area contributed by atoms with Gasteiger partial charge >= 0.3 is 0 Å². The molecule has 0 radical (unpaired) electrons. The number of carbonyl (C=O) groups is 1. The first-order valence-corrected chi connectivity index (χ1v) is 9.50. The molecule has 28 heavy (non-hydrogen) atoms. The van der Waals surface area contributed by atoms with Crippen molar-refractivity contribution in [1.29, 1.82) is 0 Å². The van der Waals surface area contributed by atoms with Crippen LogP contribution >= 0.6 is 23.8 Å². The van der Waals surface area contributed by atoms with Gasteiger partial charge < -0.3 is 19.5 Å². The van der Waals surface area contributed by atoms with Gasteiger partial charge in [-0.1, -0.05) is 30.7 Å². The van der Waals surface area contributed by atoms with Crippen LogP contribution in [0.4, 0.5) is 0 Å². The molecule has 0 aliphatic heterocycles. The highest BCUT2D eigenvalue weighted by atomic mass is 35.5. The van der Waals surface area contributed by atoms with Gasteiger partial charge in [-0.15, -0.1) is 0 Å². The fraction of sp³-hybridized carbons (Fsp3) is 0.300. The molecule has 2 N–H and O–H groups in total. The van der Waals surface area contributed by atoms with Gasteiger partial charge in [-0.25, -0.2) is 0 Å². The number of rotatable bonds is 8. The lowest BCUT2D eigenvalue weighted by Crippen LogP contribution is -2.39. The number of thiocarbonyl (C=S) groups is 1. The normalized spacial score (nSPS) is 10.1. The number of carbonyl (C=O) groups excluding carboxylic acids is 1. The summed E-state index contributed by atoms with van der Waals surface area (Å²) in [6, 6.07) is 10.5. The molecule has 0 unspecified atom stereocenters. The predicted molar refractivity (Wildman–Crippen MR) is 114 cm³/mol. The van der Waals surface area contributed by atoms with Crippen LogP contribution in [0.25, 0.3) is 0 Å². The number of para-hydroxylation sites is 1. The second-order valence-electron chi connectivity index (χ2n) is 5.78.